The fourth-order valence-corrected chi connectivity index (χ4v) is 2.99. The molecular weight excluding hydrogens is 350 g/mol. The molecule has 1 aliphatic heterocycles. The van der Waals surface area contributed by atoms with Gasteiger partial charge in [0.05, 0.1) is 12.8 Å². The molecule has 0 aliphatic carbocycles. The van der Waals surface area contributed by atoms with Crippen molar-refractivity contribution in [2.75, 3.05) is 23.9 Å². The summed E-state index contributed by atoms with van der Waals surface area (Å²) < 4.78 is 5.22. The van der Waals surface area contributed by atoms with Crippen LogP contribution in [0.25, 0.3) is 0 Å². The normalized spacial score (nSPS) is 14.2. The molecule has 2 aromatic rings. The highest BCUT2D eigenvalue weighted by Crippen LogP contribution is 2.24. The quantitative estimate of drug-likeness (QED) is 0.789. The van der Waals surface area contributed by atoms with Gasteiger partial charge in [0.15, 0.2) is 0 Å². The highest BCUT2D eigenvalue weighted by Gasteiger charge is 2.22. The van der Waals surface area contributed by atoms with Crippen LogP contribution in [0.3, 0.4) is 0 Å². The smallest absolute Gasteiger partial charge is 0.331 e. The molecule has 2 amide bonds. The van der Waals surface area contributed by atoms with Gasteiger partial charge < -0.3 is 10.1 Å². The van der Waals surface area contributed by atoms with Crippen molar-refractivity contribution in [3.05, 3.63) is 53.6 Å². The molecule has 136 valence electrons. The predicted octanol–water partition coefficient (Wildman–Crippen LogP) is 5.36. The number of carbonyl (C=O) groups excluding carboxylic acids is 1. The summed E-state index contributed by atoms with van der Waals surface area (Å²) >= 11 is 5.92. The minimum atomic E-state index is -0.238. The minimum Gasteiger partial charge on any atom is -0.497 e. The fraction of sp³-hybridized carbons (Fsp3) is 0.300. The number of rotatable bonds is 3. The standard InChI is InChI=1S/C20H22ClN3O2/c1-26-18-12-10-17(11-13-18)24(19-5-3-2-4-14-22-19)20(25)23-16-8-6-15(21)7-9-16/h6-13H,2-5,14H2,1H3,(H,23,25). The number of carbonyl (C=O) groups is 1. The molecule has 0 unspecified atom stereocenters. The number of amides is 2. The third-order valence-electron chi connectivity index (χ3n) is 4.24. The number of hydrogen-bond acceptors (Lipinski definition) is 3. The second-order valence-electron chi connectivity index (χ2n) is 6.08. The maximum Gasteiger partial charge on any atom is 0.331 e. The summed E-state index contributed by atoms with van der Waals surface area (Å²) in [5.74, 6) is 1.54. The number of halogens is 1. The van der Waals surface area contributed by atoms with Gasteiger partial charge in [-0.25, -0.2) is 4.79 Å². The number of nitrogens with one attached hydrogen (secondary N) is 1. The monoisotopic (exact) mass is 371 g/mol. The van der Waals surface area contributed by atoms with Crippen molar-refractivity contribution in [3.8, 4) is 5.75 Å². The number of urea groups is 1. The van der Waals surface area contributed by atoms with E-state index in [1.807, 2.05) is 24.3 Å². The summed E-state index contributed by atoms with van der Waals surface area (Å²) in [6.45, 7) is 0.746. The second kappa shape index (κ2) is 8.72. The number of methoxy groups -OCH3 is 1. The van der Waals surface area contributed by atoms with Crippen LogP contribution in [0.4, 0.5) is 16.2 Å². The Morgan fingerprint density at radius 3 is 2.50 bits per heavy atom. The Hall–Kier alpha value is -2.53. The zero-order chi connectivity index (χ0) is 18.4. The molecule has 2 aromatic carbocycles. The van der Waals surface area contributed by atoms with Crippen LogP contribution in [0.15, 0.2) is 53.5 Å². The number of aliphatic imine (C=N–C) groups is 1. The Labute approximate surface area is 158 Å². The molecule has 3 rings (SSSR count). The van der Waals surface area contributed by atoms with E-state index in [1.54, 1.807) is 36.3 Å². The zero-order valence-corrected chi connectivity index (χ0v) is 15.5. The fourth-order valence-electron chi connectivity index (χ4n) is 2.87. The van der Waals surface area contributed by atoms with E-state index in [-0.39, 0.29) is 6.03 Å². The Morgan fingerprint density at radius 1 is 1.08 bits per heavy atom. The Bertz CT molecular complexity index is 773. The maximum absolute atomic E-state index is 13.0. The number of amidine groups is 1. The molecule has 5 nitrogen and oxygen atoms in total. The molecule has 0 fully saturated rings. The third-order valence-corrected chi connectivity index (χ3v) is 4.49. The number of ether oxygens (including phenoxy) is 1. The van der Waals surface area contributed by atoms with Crippen molar-refractivity contribution in [1.82, 2.24) is 0 Å². The number of anilines is 2. The average molecular weight is 372 g/mol. The summed E-state index contributed by atoms with van der Waals surface area (Å²) in [6.07, 6.45) is 3.99. The van der Waals surface area contributed by atoms with Crippen LogP contribution in [0.1, 0.15) is 25.7 Å². The van der Waals surface area contributed by atoms with Crippen molar-refractivity contribution < 1.29 is 9.53 Å². The molecule has 0 atom stereocenters. The van der Waals surface area contributed by atoms with Crippen molar-refractivity contribution in [2.24, 2.45) is 4.99 Å². The van der Waals surface area contributed by atoms with Crippen LogP contribution >= 0.6 is 11.6 Å². The van der Waals surface area contributed by atoms with Crippen LogP contribution in [0.5, 0.6) is 5.75 Å². The molecule has 26 heavy (non-hydrogen) atoms. The van der Waals surface area contributed by atoms with E-state index >= 15 is 0 Å². The summed E-state index contributed by atoms with van der Waals surface area (Å²) in [5.41, 5.74) is 1.45. The predicted molar refractivity (Wildman–Crippen MR) is 107 cm³/mol. The van der Waals surface area contributed by atoms with Crippen molar-refractivity contribution in [1.29, 1.82) is 0 Å². The van der Waals surface area contributed by atoms with Crippen LogP contribution in [-0.4, -0.2) is 25.5 Å². The molecule has 0 radical (unpaired) electrons. The van der Waals surface area contributed by atoms with E-state index in [2.05, 4.69) is 10.3 Å². The van der Waals surface area contributed by atoms with E-state index < -0.39 is 0 Å². The van der Waals surface area contributed by atoms with E-state index in [9.17, 15) is 4.79 Å². The van der Waals surface area contributed by atoms with Crippen LogP contribution in [0.2, 0.25) is 5.02 Å². The van der Waals surface area contributed by atoms with Gasteiger partial charge in [0.25, 0.3) is 0 Å². The zero-order valence-electron chi connectivity index (χ0n) is 14.7. The van der Waals surface area contributed by atoms with E-state index in [0.717, 1.165) is 49.5 Å². The van der Waals surface area contributed by atoms with Gasteiger partial charge >= 0.3 is 6.03 Å². The summed E-state index contributed by atoms with van der Waals surface area (Å²) in [7, 11) is 1.62. The average Bonchev–Trinajstić information content (AvgIpc) is 2.94. The Morgan fingerprint density at radius 2 is 1.81 bits per heavy atom. The van der Waals surface area contributed by atoms with Gasteiger partial charge in [-0.1, -0.05) is 18.0 Å². The molecule has 0 aromatic heterocycles. The first-order valence-electron chi connectivity index (χ1n) is 8.71. The van der Waals surface area contributed by atoms with E-state index in [1.165, 1.54) is 0 Å². The minimum absolute atomic E-state index is 0.238. The van der Waals surface area contributed by atoms with Crippen LogP contribution in [0, 0.1) is 0 Å². The maximum atomic E-state index is 13.0. The number of benzene rings is 2. The molecule has 0 saturated carbocycles. The lowest BCUT2D eigenvalue weighted by molar-refractivity contribution is 0.259. The van der Waals surface area contributed by atoms with Gasteiger partial charge in [0.1, 0.15) is 11.6 Å². The van der Waals surface area contributed by atoms with Gasteiger partial charge in [-0.2, -0.15) is 0 Å². The van der Waals surface area contributed by atoms with Crippen LogP contribution in [-0.2, 0) is 0 Å². The van der Waals surface area contributed by atoms with E-state index in [4.69, 9.17) is 16.3 Å². The van der Waals surface area contributed by atoms with Gasteiger partial charge in [-0.3, -0.25) is 9.89 Å². The molecule has 0 spiro atoms. The number of nitrogens with zero attached hydrogens (tertiary/aromatic N) is 2. The molecule has 0 saturated heterocycles. The Balaban J connectivity index is 1.89. The first-order chi connectivity index (χ1) is 12.7. The van der Waals surface area contributed by atoms with Crippen molar-refractivity contribution >= 4 is 34.8 Å². The summed E-state index contributed by atoms with van der Waals surface area (Å²) in [4.78, 5) is 19.3. The first-order valence-corrected chi connectivity index (χ1v) is 9.09. The first kappa shape index (κ1) is 18.3. The molecule has 0 bridgehead atoms. The van der Waals surface area contributed by atoms with Gasteiger partial charge in [0, 0.05) is 23.7 Å². The molecule has 1 N–H and O–H groups in total. The molecule has 6 heteroatoms. The SMILES string of the molecule is COc1ccc(N(C(=O)Nc2ccc(Cl)cc2)C2=NCCCCC2)cc1. The number of hydrogen-bond donors (Lipinski definition) is 1. The lowest BCUT2D eigenvalue weighted by atomic mass is 10.2. The highest BCUT2D eigenvalue weighted by atomic mass is 35.5. The third kappa shape index (κ3) is 4.55. The molecule has 1 heterocycles. The van der Waals surface area contributed by atoms with Gasteiger partial charge in [-0.05, 0) is 61.4 Å². The van der Waals surface area contributed by atoms with Gasteiger partial charge in [0.2, 0.25) is 0 Å². The van der Waals surface area contributed by atoms with Gasteiger partial charge in [-0.15, -0.1) is 0 Å². The highest BCUT2D eigenvalue weighted by molar-refractivity contribution is 6.30. The molecule has 1 aliphatic rings. The summed E-state index contributed by atoms with van der Waals surface area (Å²) in [6, 6.07) is 14.2. The lowest BCUT2D eigenvalue weighted by Gasteiger charge is -2.24. The van der Waals surface area contributed by atoms with Crippen LogP contribution < -0.4 is 15.0 Å². The second-order valence-corrected chi connectivity index (χ2v) is 6.52. The van der Waals surface area contributed by atoms with Crippen molar-refractivity contribution in [3.63, 3.8) is 0 Å². The topological polar surface area (TPSA) is 53.9 Å². The summed E-state index contributed by atoms with van der Waals surface area (Å²) in [5, 5.41) is 3.56. The lowest BCUT2D eigenvalue weighted by Crippen LogP contribution is -2.40. The Kier molecular flexibility index (Phi) is 6.12. The van der Waals surface area contributed by atoms with Crippen molar-refractivity contribution in [2.45, 2.75) is 25.7 Å². The van der Waals surface area contributed by atoms with E-state index in [0.29, 0.717) is 10.7 Å². The molecular formula is C20H22ClN3O2. The largest absolute Gasteiger partial charge is 0.497 e.